The Labute approximate surface area is 200 Å². The van der Waals surface area contributed by atoms with Crippen LogP contribution in [0.4, 0.5) is 0 Å². The molecular formula is C29H40O4. The summed E-state index contributed by atoms with van der Waals surface area (Å²) in [5.74, 6) is -0.838. The van der Waals surface area contributed by atoms with Crippen LogP contribution in [0, 0.1) is 0 Å². The topological polar surface area (TPSA) is 52.6 Å². The minimum Gasteiger partial charge on any atom is -0.465 e. The Morgan fingerprint density at radius 3 is 1.55 bits per heavy atom. The highest BCUT2D eigenvalue weighted by molar-refractivity contribution is 5.93. The van der Waals surface area contributed by atoms with E-state index in [0.717, 1.165) is 38.5 Å². The Hall–Kier alpha value is -2.88. The number of hydrogen-bond acceptors (Lipinski definition) is 4. The number of hydrogen-bond donors (Lipinski definition) is 0. The Morgan fingerprint density at radius 2 is 1.09 bits per heavy atom. The average molecular weight is 453 g/mol. The molecule has 0 saturated heterocycles. The number of benzene rings is 1. The fourth-order valence-corrected chi connectivity index (χ4v) is 3.19. The number of carbonyl (C=O) groups excluding carboxylic acids is 2. The first-order valence-corrected chi connectivity index (χ1v) is 11.7. The first-order chi connectivity index (χ1) is 15.7. The van der Waals surface area contributed by atoms with E-state index in [9.17, 15) is 9.59 Å². The molecule has 4 nitrogen and oxygen atoms in total. The van der Waals surface area contributed by atoms with Crippen molar-refractivity contribution in [2.45, 2.75) is 73.1 Å². The van der Waals surface area contributed by atoms with Crippen molar-refractivity contribution >= 4 is 11.9 Å². The van der Waals surface area contributed by atoms with Gasteiger partial charge in [-0.1, -0.05) is 40.5 Å². The molecule has 4 heteroatoms. The molecule has 0 unspecified atom stereocenters. The summed E-state index contributed by atoms with van der Waals surface area (Å²) in [4.78, 5) is 23.6. The second-order valence-corrected chi connectivity index (χ2v) is 8.72. The molecule has 0 saturated carbocycles. The minimum atomic E-state index is -0.431. The van der Waals surface area contributed by atoms with E-state index in [-0.39, 0.29) is 6.61 Å². The van der Waals surface area contributed by atoms with Crippen molar-refractivity contribution in [2.24, 2.45) is 0 Å². The predicted octanol–water partition coefficient (Wildman–Crippen LogP) is 7.78. The maximum absolute atomic E-state index is 12.1. The van der Waals surface area contributed by atoms with Crippen molar-refractivity contribution in [3.63, 3.8) is 0 Å². The Kier molecular flexibility index (Phi) is 13.5. The van der Waals surface area contributed by atoms with Crippen LogP contribution in [-0.2, 0) is 9.47 Å². The average Bonchev–Trinajstić information content (AvgIpc) is 2.78. The quantitative estimate of drug-likeness (QED) is 0.226. The van der Waals surface area contributed by atoms with E-state index in [4.69, 9.17) is 4.74 Å². The molecule has 0 fully saturated rings. The van der Waals surface area contributed by atoms with Gasteiger partial charge in [-0.2, -0.15) is 0 Å². The monoisotopic (exact) mass is 452 g/mol. The SMILES string of the molecule is COC(=O)c1ccc(C(=O)OCC=C(C)CCC=C(C)CCC=C(C)CCC=C(C)C)cc1. The molecule has 0 heterocycles. The maximum atomic E-state index is 12.1. The van der Waals surface area contributed by atoms with Crippen LogP contribution >= 0.6 is 0 Å². The van der Waals surface area contributed by atoms with Crippen LogP contribution in [0.2, 0.25) is 0 Å². The van der Waals surface area contributed by atoms with Gasteiger partial charge in [-0.15, -0.1) is 0 Å². The minimum absolute atomic E-state index is 0.239. The molecule has 0 aliphatic rings. The zero-order valence-corrected chi connectivity index (χ0v) is 21.2. The third-order valence-electron chi connectivity index (χ3n) is 5.34. The zero-order valence-electron chi connectivity index (χ0n) is 21.2. The molecular weight excluding hydrogens is 412 g/mol. The van der Waals surface area contributed by atoms with Crippen LogP contribution in [0.1, 0.15) is 93.9 Å². The van der Waals surface area contributed by atoms with Crippen LogP contribution in [-0.4, -0.2) is 25.7 Å². The van der Waals surface area contributed by atoms with Gasteiger partial charge < -0.3 is 9.47 Å². The predicted molar refractivity (Wildman–Crippen MR) is 136 cm³/mol. The van der Waals surface area contributed by atoms with E-state index in [1.165, 1.54) is 29.4 Å². The van der Waals surface area contributed by atoms with Gasteiger partial charge >= 0.3 is 11.9 Å². The van der Waals surface area contributed by atoms with E-state index in [2.05, 4.69) is 57.6 Å². The van der Waals surface area contributed by atoms with Gasteiger partial charge in [0.15, 0.2) is 0 Å². The fourth-order valence-electron chi connectivity index (χ4n) is 3.19. The third kappa shape index (κ3) is 12.7. The highest BCUT2D eigenvalue weighted by Crippen LogP contribution is 2.14. The Bertz CT molecular complexity index is 879. The van der Waals surface area contributed by atoms with E-state index >= 15 is 0 Å². The molecule has 1 rings (SSSR count). The highest BCUT2D eigenvalue weighted by Gasteiger charge is 2.09. The number of allylic oxidation sites excluding steroid dienone is 7. The molecule has 0 spiro atoms. The molecule has 33 heavy (non-hydrogen) atoms. The molecule has 0 N–H and O–H groups in total. The summed E-state index contributed by atoms with van der Waals surface area (Å²) in [7, 11) is 1.32. The summed E-state index contributed by atoms with van der Waals surface area (Å²) < 4.78 is 9.96. The van der Waals surface area contributed by atoms with Crippen molar-refractivity contribution < 1.29 is 19.1 Å². The number of ether oxygens (including phenoxy) is 2. The standard InChI is InChI=1S/C29H40O4/c1-22(2)10-7-11-23(3)12-8-13-24(4)14-9-15-25(5)20-21-33-29(31)27-18-16-26(17-19-27)28(30)32-6/h10,12,14,16-20H,7-9,11,13,15,21H2,1-6H3. The lowest BCUT2D eigenvalue weighted by Gasteiger charge is -2.05. The molecule has 0 aromatic heterocycles. The van der Waals surface area contributed by atoms with Gasteiger partial charge in [0.05, 0.1) is 18.2 Å². The van der Waals surface area contributed by atoms with Crippen molar-refractivity contribution in [1.29, 1.82) is 0 Å². The lowest BCUT2D eigenvalue weighted by Crippen LogP contribution is -2.07. The number of carbonyl (C=O) groups is 2. The summed E-state index contributed by atoms with van der Waals surface area (Å²) in [6.45, 7) is 11.0. The summed E-state index contributed by atoms with van der Waals surface area (Å²) in [5.41, 5.74) is 6.28. The first-order valence-electron chi connectivity index (χ1n) is 11.7. The van der Waals surface area contributed by atoms with Crippen molar-refractivity contribution in [1.82, 2.24) is 0 Å². The summed E-state index contributed by atoms with van der Waals surface area (Å²) in [6, 6.07) is 6.25. The zero-order chi connectivity index (χ0) is 24.6. The van der Waals surface area contributed by atoms with Gasteiger partial charge in [-0.25, -0.2) is 9.59 Å². The lowest BCUT2D eigenvalue weighted by molar-refractivity contribution is 0.0545. The lowest BCUT2D eigenvalue weighted by atomic mass is 10.0. The van der Waals surface area contributed by atoms with Gasteiger partial charge in [0.25, 0.3) is 0 Å². The number of rotatable bonds is 13. The van der Waals surface area contributed by atoms with Crippen LogP contribution in [0.15, 0.2) is 70.9 Å². The summed E-state index contributed by atoms with van der Waals surface area (Å²) in [6.07, 6.45) is 15.3. The molecule has 1 aromatic carbocycles. The van der Waals surface area contributed by atoms with Gasteiger partial charge in [0.2, 0.25) is 0 Å². The second kappa shape index (κ2) is 15.8. The number of methoxy groups -OCH3 is 1. The third-order valence-corrected chi connectivity index (χ3v) is 5.34. The molecule has 0 aliphatic carbocycles. The van der Waals surface area contributed by atoms with Crippen molar-refractivity contribution in [3.8, 4) is 0 Å². The summed E-state index contributed by atoms with van der Waals surface area (Å²) >= 11 is 0. The van der Waals surface area contributed by atoms with Crippen molar-refractivity contribution in [3.05, 3.63) is 82.0 Å². The van der Waals surface area contributed by atoms with Crippen LogP contribution in [0.25, 0.3) is 0 Å². The normalized spacial score (nSPS) is 12.4. The number of esters is 2. The molecule has 1 aromatic rings. The van der Waals surface area contributed by atoms with Gasteiger partial charge in [0.1, 0.15) is 6.61 Å². The van der Waals surface area contributed by atoms with E-state index in [1.54, 1.807) is 24.3 Å². The van der Waals surface area contributed by atoms with Crippen LogP contribution in [0.5, 0.6) is 0 Å². The largest absolute Gasteiger partial charge is 0.465 e. The van der Waals surface area contributed by atoms with Crippen LogP contribution in [0.3, 0.4) is 0 Å². The van der Waals surface area contributed by atoms with Gasteiger partial charge in [-0.3, -0.25) is 0 Å². The molecule has 0 aliphatic heterocycles. The van der Waals surface area contributed by atoms with Crippen molar-refractivity contribution in [2.75, 3.05) is 13.7 Å². The Morgan fingerprint density at radius 1 is 0.667 bits per heavy atom. The fraction of sp³-hybridized carbons (Fsp3) is 0.448. The van der Waals surface area contributed by atoms with E-state index in [0.29, 0.717) is 11.1 Å². The first kappa shape index (κ1) is 28.2. The molecule has 0 radical (unpaired) electrons. The maximum Gasteiger partial charge on any atom is 0.338 e. The van der Waals surface area contributed by atoms with Crippen LogP contribution < -0.4 is 0 Å². The molecule has 0 bridgehead atoms. The second-order valence-electron chi connectivity index (χ2n) is 8.72. The smallest absolute Gasteiger partial charge is 0.338 e. The molecule has 0 atom stereocenters. The van der Waals surface area contributed by atoms with Gasteiger partial charge in [0, 0.05) is 0 Å². The molecule has 180 valence electrons. The van der Waals surface area contributed by atoms with E-state index in [1.807, 2.05) is 6.08 Å². The summed E-state index contributed by atoms with van der Waals surface area (Å²) in [5, 5.41) is 0. The van der Waals surface area contributed by atoms with Gasteiger partial charge in [-0.05, 0) is 103 Å². The Balaban J connectivity index is 2.32. The highest BCUT2D eigenvalue weighted by atomic mass is 16.5. The van der Waals surface area contributed by atoms with E-state index < -0.39 is 11.9 Å². The molecule has 0 amide bonds.